The number of rotatable bonds is 7. The van der Waals surface area contributed by atoms with Crippen molar-refractivity contribution in [2.45, 2.75) is 52.0 Å². The van der Waals surface area contributed by atoms with E-state index in [4.69, 9.17) is 4.42 Å². The van der Waals surface area contributed by atoms with Crippen molar-refractivity contribution in [3.8, 4) is 0 Å². The molecule has 1 N–H and O–H groups in total. The molecule has 2 aromatic heterocycles. The third-order valence-corrected chi connectivity index (χ3v) is 6.98. The van der Waals surface area contributed by atoms with Crippen LogP contribution in [-0.2, 0) is 16.6 Å². The number of furan rings is 1. The van der Waals surface area contributed by atoms with Crippen molar-refractivity contribution in [2.24, 2.45) is 5.92 Å². The number of sulfonamides is 1. The first-order valence-corrected chi connectivity index (χ1v) is 11.0. The minimum Gasteiger partial charge on any atom is -0.455 e. The summed E-state index contributed by atoms with van der Waals surface area (Å²) in [4.78, 5) is 12.5. The highest BCUT2D eigenvalue weighted by atomic mass is 32.2. The van der Waals surface area contributed by atoms with Crippen LogP contribution in [0, 0.1) is 26.7 Å². The summed E-state index contributed by atoms with van der Waals surface area (Å²) in [6.07, 6.45) is 1.72. The summed E-state index contributed by atoms with van der Waals surface area (Å²) in [5.41, 5.74) is 2.04. The molecule has 0 bridgehead atoms. The highest BCUT2D eigenvalue weighted by Crippen LogP contribution is 2.26. The summed E-state index contributed by atoms with van der Waals surface area (Å²) >= 11 is 0. The summed E-state index contributed by atoms with van der Waals surface area (Å²) in [5, 5.41) is 7.25. The fourth-order valence-electron chi connectivity index (χ4n) is 3.47. The first-order chi connectivity index (χ1) is 13.2. The molecule has 9 heteroatoms. The van der Waals surface area contributed by atoms with Gasteiger partial charge >= 0.3 is 0 Å². The quantitative estimate of drug-likeness (QED) is 0.758. The second-order valence-corrected chi connectivity index (χ2v) is 9.47. The molecule has 1 atom stereocenters. The lowest BCUT2D eigenvalue weighted by molar-refractivity contribution is 0.0917. The van der Waals surface area contributed by atoms with E-state index in [0.29, 0.717) is 26.2 Å². The topological polar surface area (TPSA) is 97.4 Å². The maximum Gasteiger partial charge on any atom is 0.287 e. The standard InChI is InChI=1S/C19H28N4O4S/c1-13(12-23-15(3)9-14(2)21-23)11-20-19(24)17-10-18(16(4)27-17)28(25,26)22-7-5-6-8-22/h9-10,13H,5-8,11-12H2,1-4H3,(H,20,24). The average Bonchev–Trinajstić information content (AvgIpc) is 3.34. The minimum absolute atomic E-state index is 0.0218. The summed E-state index contributed by atoms with van der Waals surface area (Å²) in [5.74, 6) is 0.0123. The van der Waals surface area contributed by atoms with Crippen molar-refractivity contribution in [1.29, 1.82) is 0 Å². The summed E-state index contributed by atoms with van der Waals surface area (Å²) in [6, 6.07) is 3.35. The van der Waals surface area contributed by atoms with Crippen LogP contribution < -0.4 is 5.32 Å². The van der Waals surface area contributed by atoms with E-state index < -0.39 is 15.9 Å². The van der Waals surface area contributed by atoms with Crippen molar-refractivity contribution in [1.82, 2.24) is 19.4 Å². The van der Waals surface area contributed by atoms with Crippen LogP contribution in [0.1, 0.15) is 47.5 Å². The summed E-state index contributed by atoms with van der Waals surface area (Å²) < 4.78 is 34.3. The van der Waals surface area contributed by atoms with Gasteiger partial charge in [-0.2, -0.15) is 9.40 Å². The first kappa shape index (κ1) is 20.6. The molecule has 0 radical (unpaired) electrons. The van der Waals surface area contributed by atoms with E-state index in [-0.39, 0.29) is 22.3 Å². The van der Waals surface area contributed by atoms with Crippen LogP contribution >= 0.6 is 0 Å². The van der Waals surface area contributed by atoms with Crippen LogP contribution in [0.5, 0.6) is 0 Å². The Hall–Kier alpha value is -2.13. The number of hydrogen-bond donors (Lipinski definition) is 1. The zero-order chi connectivity index (χ0) is 20.5. The fourth-order valence-corrected chi connectivity index (χ4v) is 5.15. The number of carbonyl (C=O) groups excluding carboxylic acids is 1. The van der Waals surface area contributed by atoms with Crippen molar-refractivity contribution in [2.75, 3.05) is 19.6 Å². The van der Waals surface area contributed by atoms with Crippen molar-refractivity contribution >= 4 is 15.9 Å². The fraction of sp³-hybridized carbons (Fsp3) is 0.579. The Morgan fingerprint density at radius 1 is 1.25 bits per heavy atom. The number of nitrogens with zero attached hydrogens (tertiary/aromatic N) is 3. The van der Waals surface area contributed by atoms with Gasteiger partial charge in [0.2, 0.25) is 10.0 Å². The molecule has 1 unspecified atom stereocenters. The molecule has 1 saturated heterocycles. The van der Waals surface area contributed by atoms with Gasteiger partial charge in [-0.05, 0) is 45.6 Å². The SMILES string of the molecule is Cc1cc(C)n(CC(C)CNC(=O)c2cc(S(=O)(=O)N3CCCC3)c(C)o2)n1. The maximum absolute atomic E-state index is 12.7. The smallest absolute Gasteiger partial charge is 0.287 e. The van der Waals surface area contributed by atoms with Crippen LogP contribution in [0.3, 0.4) is 0 Å². The Morgan fingerprint density at radius 3 is 2.54 bits per heavy atom. The molecule has 154 valence electrons. The molecule has 0 spiro atoms. The molecule has 1 fully saturated rings. The molecule has 8 nitrogen and oxygen atoms in total. The molecule has 3 rings (SSSR count). The Morgan fingerprint density at radius 2 is 1.93 bits per heavy atom. The largest absolute Gasteiger partial charge is 0.455 e. The molecule has 1 amide bonds. The van der Waals surface area contributed by atoms with Gasteiger partial charge in [-0.15, -0.1) is 0 Å². The monoisotopic (exact) mass is 408 g/mol. The van der Waals surface area contributed by atoms with E-state index in [0.717, 1.165) is 24.2 Å². The van der Waals surface area contributed by atoms with Gasteiger partial charge in [-0.25, -0.2) is 8.42 Å². The zero-order valence-corrected chi connectivity index (χ0v) is 17.7. The van der Waals surface area contributed by atoms with E-state index in [2.05, 4.69) is 10.4 Å². The molecule has 0 saturated carbocycles. The van der Waals surface area contributed by atoms with Gasteiger partial charge in [0.15, 0.2) is 5.76 Å². The maximum atomic E-state index is 12.7. The Kier molecular flexibility index (Phi) is 5.95. The lowest BCUT2D eigenvalue weighted by Gasteiger charge is -2.14. The molecular weight excluding hydrogens is 380 g/mol. The van der Waals surface area contributed by atoms with Gasteiger partial charge in [0, 0.05) is 37.9 Å². The Balaban J connectivity index is 1.62. The number of carbonyl (C=O) groups is 1. The van der Waals surface area contributed by atoms with Gasteiger partial charge in [0.25, 0.3) is 5.91 Å². The average molecular weight is 409 g/mol. The zero-order valence-electron chi connectivity index (χ0n) is 16.9. The predicted octanol–water partition coefficient (Wildman–Crippen LogP) is 2.25. The molecular formula is C19H28N4O4S. The van der Waals surface area contributed by atoms with E-state index >= 15 is 0 Å². The Labute approximate surface area is 165 Å². The molecule has 1 aliphatic heterocycles. The van der Waals surface area contributed by atoms with E-state index in [1.165, 1.54) is 10.4 Å². The van der Waals surface area contributed by atoms with E-state index in [1.54, 1.807) is 6.92 Å². The second-order valence-electron chi connectivity index (χ2n) is 7.57. The molecule has 3 heterocycles. The van der Waals surface area contributed by atoms with E-state index in [9.17, 15) is 13.2 Å². The highest BCUT2D eigenvalue weighted by Gasteiger charge is 2.31. The normalized spacial score (nSPS) is 16.4. The molecule has 0 aliphatic carbocycles. The molecule has 1 aliphatic rings. The number of nitrogens with one attached hydrogen (secondary N) is 1. The van der Waals surface area contributed by atoms with Crippen LogP contribution in [0.25, 0.3) is 0 Å². The lowest BCUT2D eigenvalue weighted by Crippen LogP contribution is -2.30. The molecule has 2 aromatic rings. The lowest BCUT2D eigenvalue weighted by atomic mass is 10.2. The molecule has 0 aromatic carbocycles. The van der Waals surface area contributed by atoms with Crippen LogP contribution in [-0.4, -0.2) is 48.0 Å². The Bertz CT molecular complexity index is 955. The number of aryl methyl sites for hydroxylation is 3. The van der Waals surface area contributed by atoms with Gasteiger partial charge in [0.05, 0.1) is 5.69 Å². The minimum atomic E-state index is -3.61. The van der Waals surface area contributed by atoms with Crippen LogP contribution in [0.4, 0.5) is 0 Å². The summed E-state index contributed by atoms with van der Waals surface area (Å²) in [6.45, 7) is 9.69. The first-order valence-electron chi connectivity index (χ1n) is 9.58. The number of aromatic nitrogens is 2. The number of hydrogen-bond acceptors (Lipinski definition) is 5. The van der Waals surface area contributed by atoms with Gasteiger partial charge in [-0.1, -0.05) is 6.92 Å². The summed E-state index contributed by atoms with van der Waals surface area (Å²) in [7, 11) is -3.61. The van der Waals surface area contributed by atoms with Crippen molar-refractivity contribution in [3.05, 3.63) is 35.0 Å². The van der Waals surface area contributed by atoms with E-state index in [1.807, 2.05) is 31.5 Å². The van der Waals surface area contributed by atoms with Gasteiger partial charge in [0.1, 0.15) is 10.7 Å². The van der Waals surface area contributed by atoms with Gasteiger partial charge < -0.3 is 9.73 Å². The van der Waals surface area contributed by atoms with Crippen LogP contribution in [0.2, 0.25) is 0 Å². The van der Waals surface area contributed by atoms with Crippen molar-refractivity contribution in [3.63, 3.8) is 0 Å². The van der Waals surface area contributed by atoms with Gasteiger partial charge in [-0.3, -0.25) is 9.48 Å². The predicted molar refractivity (Wildman–Crippen MR) is 105 cm³/mol. The van der Waals surface area contributed by atoms with Crippen LogP contribution in [0.15, 0.2) is 21.4 Å². The third-order valence-electron chi connectivity index (χ3n) is 4.98. The second kappa shape index (κ2) is 8.08. The third kappa shape index (κ3) is 4.30. The van der Waals surface area contributed by atoms with Crippen molar-refractivity contribution < 1.29 is 17.6 Å². The molecule has 28 heavy (non-hydrogen) atoms. The number of amides is 1. The highest BCUT2D eigenvalue weighted by molar-refractivity contribution is 7.89.